The predicted molar refractivity (Wildman–Crippen MR) is 65.9 cm³/mol. The van der Waals surface area contributed by atoms with Gasteiger partial charge in [0, 0.05) is 25.6 Å². The van der Waals surface area contributed by atoms with Crippen LogP contribution in [-0.4, -0.2) is 54.3 Å². The third kappa shape index (κ3) is 2.93. The quantitative estimate of drug-likeness (QED) is 0.777. The van der Waals surface area contributed by atoms with Gasteiger partial charge in [-0.05, 0) is 18.8 Å². The van der Waals surface area contributed by atoms with Gasteiger partial charge >= 0.3 is 6.09 Å². The van der Waals surface area contributed by atoms with Gasteiger partial charge < -0.3 is 10.0 Å². The van der Waals surface area contributed by atoms with Gasteiger partial charge in [-0.1, -0.05) is 13.8 Å². The van der Waals surface area contributed by atoms with Crippen molar-refractivity contribution in [1.29, 1.82) is 0 Å². The Labute approximate surface area is 107 Å². The zero-order valence-electron chi connectivity index (χ0n) is 11.5. The molecule has 0 spiro atoms. The fourth-order valence-corrected chi connectivity index (χ4v) is 2.46. The lowest BCUT2D eigenvalue weighted by atomic mass is 9.73. The normalized spacial score (nSPS) is 17.7. The van der Waals surface area contributed by atoms with E-state index in [-0.39, 0.29) is 11.8 Å². The molecule has 0 bridgehead atoms. The van der Waals surface area contributed by atoms with Crippen molar-refractivity contribution >= 4 is 12.0 Å². The molecule has 6 heteroatoms. The maximum atomic E-state index is 12.2. The second-order valence-electron chi connectivity index (χ2n) is 5.25. The highest BCUT2D eigenvalue weighted by molar-refractivity contribution is 5.81. The molecule has 2 amide bonds. The van der Waals surface area contributed by atoms with Crippen LogP contribution in [0.5, 0.6) is 0 Å². The van der Waals surface area contributed by atoms with E-state index in [1.54, 1.807) is 7.05 Å². The van der Waals surface area contributed by atoms with Crippen LogP contribution < -0.4 is 0 Å². The summed E-state index contributed by atoms with van der Waals surface area (Å²) in [6.07, 6.45) is 0.539. The number of carbonyl (C=O) groups is 2. The SMILES string of the molecule is CON(C)C(=O)C(C)(C)C1CCN(C(=O)O)CC1. The molecule has 104 valence electrons. The van der Waals surface area contributed by atoms with Crippen molar-refractivity contribution in [2.75, 3.05) is 27.2 Å². The van der Waals surface area contributed by atoms with Crippen molar-refractivity contribution in [1.82, 2.24) is 9.96 Å². The van der Waals surface area contributed by atoms with Gasteiger partial charge in [0.2, 0.25) is 0 Å². The summed E-state index contributed by atoms with van der Waals surface area (Å²) in [5, 5.41) is 10.1. The first-order valence-electron chi connectivity index (χ1n) is 6.10. The Bertz CT molecular complexity index is 322. The molecular weight excluding hydrogens is 236 g/mol. The maximum Gasteiger partial charge on any atom is 0.407 e. The Morgan fingerprint density at radius 2 is 1.83 bits per heavy atom. The van der Waals surface area contributed by atoms with Gasteiger partial charge in [0.25, 0.3) is 5.91 Å². The van der Waals surface area contributed by atoms with Crippen LogP contribution >= 0.6 is 0 Å². The molecule has 0 atom stereocenters. The van der Waals surface area contributed by atoms with Crippen LogP contribution in [0.2, 0.25) is 0 Å². The Balaban J connectivity index is 2.65. The Morgan fingerprint density at radius 3 is 2.22 bits per heavy atom. The summed E-state index contributed by atoms with van der Waals surface area (Å²) in [6, 6.07) is 0. The molecule has 0 aromatic rings. The molecule has 1 rings (SSSR count). The van der Waals surface area contributed by atoms with Gasteiger partial charge in [0.1, 0.15) is 0 Å². The van der Waals surface area contributed by atoms with E-state index < -0.39 is 11.5 Å². The number of piperidine rings is 1. The van der Waals surface area contributed by atoms with Crippen LogP contribution in [0.1, 0.15) is 26.7 Å². The van der Waals surface area contributed by atoms with E-state index in [4.69, 9.17) is 9.94 Å². The molecule has 1 N–H and O–H groups in total. The fraction of sp³-hybridized carbons (Fsp3) is 0.833. The number of hydroxylamine groups is 2. The zero-order valence-corrected chi connectivity index (χ0v) is 11.5. The van der Waals surface area contributed by atoms with Crippen LogP contribution in [-0.2, 0) is 9.63 Å². The first-order chi connectivity index (χ1) is 8.30. The average Bonchev–Trinajstić information content (AvgIpc) is 2.36. The molecule has 1 heterocycles. The van der Waals surface area contributed by atoms with E-state index in [9.17, 15) is 9.59 Å². The molecular formula is C12H22N2O4. The lowest BCUT2D eigenvalue weighted by molar-refractivity contribution is -0.182. The zero-order chi connectivity index (χ0) is 13.9. The van der Waals surface area contributed by atoms with E-state index in [2.05, 4.69) is 0 Å². The summed E-state index contributed by atoms with van der Waals surface area (Å²) in [4.78, 5) is 29.3. The third-order valence-corrected chi connectivity index (χ3v) is 3.90. The predicted octanol–water partition coefficient (Wildman–Crippen LogP) is 1.42. The van der Waals surface area contributed by atoms with Gasteiger partial charge in [0.05, 0.1) is 7.11 Å². The summed E-state index contributed by atoms with van der Waals surface area (Å²) in [5.41, 5.74) is -0.532. The Hall–Kier alpha value is -1.30. The monoisotopic (exact) mass is 258 g/mol. The number of rotatable bonds is 3. The van der Waals surface area contributed by atoms with Crippen LogP contribution in [0.4, 0.5) is 4.79 Å². The molecule has 1 fully saturated rings. The molecule has 0 radical (unpaired) electrons. The van der Waals surface area contributed by atoms with Crippen molar-refractivity contribution < 1.29 is 19.5 Å². The highest BCUT2D eigenvalue weighted by atomic mass is 16.7. The fourth-order valence-electron chi connectivity index (χ4n) is 2.46. The molecule has 6 nitrogen and oxygen atoms in total. The summed E-state index contributed by atoms with van der Waals surface area (Å²) in [5.74, 6) is 0.108. The minimum absolute atomic E-state index is 0.0706. The average molecular weight is 258 g/mol. The van der Waals surface area contributed by atoms with Crippen LogP contribution in [0.15, 0.2) is 0 Å². The van der Waals surface area contributed by atoms with Gasteiger partial charge in [-0.25, -0.2) is 9.86 Å². The molecule has 18 heavy (non-hydrogen) atoms. The third-order valence-electron chi connectivity index (χ3n) is 3.90. The summed E-state index contributed by atoms with van der Waals surface area (Å²) in [6.45, 7) is 4.78. The molecule has 0 unspecified atom stereocenters. The number of hydrogen-bond donors (Lipinski definition) is 1. The molecule has 0 saturated carbocycles. The highest BCUT2D eigenvalue weighted by Crippen LogP contribution is 2.36. The van der Waals surface area contributed by atoms with Gasteiger partial charge in [-0.15, -0.1) is 0 Å². The molecule has 1 saturated heterocycles. The lowest BCUT2D eigenvalue weighted by Gasteiger charge is -2.39. The molecule has 0 aromatic carbocycles. The smallest absolute Gasteiger partial charge is 0.407 e. The van der Waals surface area contributed by atoms with E-state index in [0.29, 0.717) is 25.9 Å². The first kappa shape index (κ1) is 14.8. The van der Waals surface area contributed by atoms with Gasteiger partial charge in [0.15, 0.2) is 0 Å². The Morgan fingerprint density at radius 1 is 1.33 bits per heavy atom. The molecule has 0 aliphatic carbocycles. The number of carboxylic acid groups (broad SMARTS) is 1. The van der Waals surface area contributed by atoms with Gasteiger partial charge in [-0.2, -0.15) is 0 Å². The summed E-state index contributed by atoms with van der Waals surface area (Å²) in [7, 11) is 3.05. The van der Waals surface area contributed by atoms with Crippen molar-refractivity contribution in [2.45, 2.75) is 26.7 Å². The van der Waals surface area contributed by atoms with E-state index in [0.717, 1.165) is 0 Å². The number of carbonyl (C=O) groups excluding carboxylic acids is 1. The van der Waals surface area contributed by atoms with Crippen molar-refractivity contribution in [3.05, 3.63) is 0 Å². The number of amides is 2. The van der Waals surface area contributed by atoms with Gasteiger partial charge in [-0.3, -0.25) is 9.63 Å². The van der Waals surface area contributed by atoms with Crippen LogP contribution in [0.25, 0.3) is 0 Å². The number of hydrogen-bond acceptors (Lipinski definition) is 3. The van der Waals surface area contributed by atoms with Crippen molar-refractivity contribution in [2.24, 2.45) is 11.3 Å². The molecule has 0 aromatic heterocycles. The molecule has 1 aliphatic rings. The second kappa shape index (κ2) is 5.56. The standard InChI is InChI=1S/C12H22N2O4/c1-12(2,10(15)13(3)18-4)9-5-7-14(8-6-9)11(16)17/h9H,5-8H2,1-4H3,(H,16,17). The minimum Gasteiger partial charge on any atom is -0.465 e. The first-order valence-corrected chi connectivity index (χ1v) is 6.10. The van der Waals surface area contributed by atoms with Crippen molar-refractivity contribution in [3.63, 3.8) is 0 Å². The topological polar surface area (TPSA) is 70.1 Å². The maximum absolute atomic E-state index is 12.2. The highest BCUT2D eigenvalue weighted by Gasteiger charge is 2.40. The second-order valence-corrected chi connectivity index (χ2v) is 5.25. The van der Waals surface area contributed by atoms with Crippen LogP contribution in [0.3, 0.4) is 0 Å². The number of likely N-dealkylation sites (tertiary alicyclic amines) is 1. The van der Waals surface area contributed by atoms with Crippen molar-refractivity contribution in [3.8, 4) is 0 Å². The Kier molecular flexibility index (Phi) is 4.56. The lowest BCUT2D eigenvalue weighted by Crippen LogP contribution is -2.47. The van der Waals surface area contributed by atoms with E-state index in [1.807, 2.05) is 13.8 Å². The summed E-state index contributed by atoms with van der Waals surface area (Å²) >= 11 is 0. The van der Waals surface area contributed by atoms with Crippen LogP contribution in [0, 0.1) is 11.3 Å². The minimum atomic E-state index is -0.883. The summed E-state index contributed by atoms with van der Waals surface area (Å²) < 4.78 is 0. The largest absolute Gasteiger partial charge is 0.465 e. The molecule has 1 aliphatic heterocycles. The van der Waals surface area contributed by atoms with E-state index >= 15 is 0 Å². The van der Waals surface area contributed by atoms with E-state index in [1.165, 1.54) is 17.1 Å². The number of nitrogens with zero attached hydrogens (tertiary/aromatic N) is 2.